The van der Waals surface area contributed by atoms with Crippen molar-refractivity contribution in [2.75, 3.05) is 39.3 Å². The highest BCUT2D eigenvalue weighted by Crippen LogP contribution is 2.30. The highest BCUT2D eigenvalue weighted by atomic mass is 32.2. The van der Waals surface area contributed by atoms with Crippen molar-refractivity contribution in [3.05, 3.63) is 17.0 Å². The van der Waals surface area contributed by atoms with E-state index in [1.807, 2.05) is 6.07 Å². The monoisotopic (exact) mass is 329 g/mol. The van der Waals surface area contributed by atoms with Gasteiger partial charge < -0.3 is 10.6 Å². The van der Waals surface area contributed by atoms with Crippen LogP contribution >= 0.6 is 11.3 Å². The van der Waals surface area contributed by atoms with E-state index in [-0.39, 0.29) is 0 Å². The maximum atomic E-state index is 12.6. The standard InChI is InChI=1S/C14H23N3O2S2/c15-6-5-13-3-4-14(20-13)21(18,19)17-9-7-16(8-10-17)11-12-1-2-12/h3-4,12H,1-2,5-11,15H2. The maximum Gasteiger partial charge on any atom is 0.252 e. The van der Waals surface area contributed by atoms with E-state index >= 15 is 0 Å². The van der Waals surface area contributed by atoms with Gasteiger partial charge in [-0.15, -0.1) is 11.3 Å². The average molecular weight is 329 g/mol. The molecule has 1 aromatic rings. The van der Waals surface area contributed by atoms with Gasteiger partial charge in [0.1, 0.15) is 4.21 Å². The zero-order valence-electron chi connectivity index (χ0n) is 12.2. The third-order valence-electron chi connectivity index (χ3n) is 4.17. The largest absolute Gasteiger partial charge is 0.330 e. The minimum Gasteiger partial charge on any atom is -0.330 e. The number of piperazine rings is 1. The molecule has 5 nitrogen and oxygen atoms in total. The minimum absolute atomic E-state index is 0.460. The van der Waals surface area contributed by atoms with E-state index in [9.17, 15) is 8.42 Å². The number of sulfonamides is 1. The van der Waals surface area contributed by atoms with Crippen LogP contribution in [0, 0.1) is 5.92 Å². The van der Waals surface area contributed by atoms with Gasteiger partial charge in [0.25, 0.3) is 10.0 Å². The van der Waals surface area contributed by atoms with Gasteiger partial charge >= 0.3 is 0 Å². The average Bonchev–Trinajstić information content (AvgIpc) is 3.15. The van der Waals surface area contributed by atoms with Crippen molar-refractivity contribution in [1.82, 2.24) is 9.21 Å². The first-order valence-corrected chi connectivity index (χ1v) is 9.86. The second-order valence-corrected chi connectivity index (χ2v) is 9.24. The normalized spacial score (nSPS) is 21.8. The first kappa shape index (κ1) is 15.4. The van der Waals surface area contributed by atoms with Crippen LogP contribution in [0.4, 0.5) is 0 Å². The lowest BCUT2D eigenvalue weighted by atomic mass is 10.3. The fraction of sp³-hybridized carbons (Fsp3) is 0.714. The number of thiophene rings is 1. The minimum atomic E-state index is -3.31. The lowest BCUT2D eigenvalue weighted by molar-refractivity contribution is 0.182. The predicted molar refractivity (Wildman–Crippen MR) is 85.0 cm³/mol. The molecular formula is C14H23N3O2S2. The Kier molecular flexibility index (Phi) is 4.66. The number of nitrogens with zero attached hydrogens (tertiary/aromatic N) is 2. The summed E-state index contributed by atoms with van der Waals surface area (Å²) in [7, 11) is -3.31. The molecule has 0 spiro atoms. The van der Waals surface area contributed by atoms with Crippen molar-refractivity contribution in [2.45, 2.75) is 23.5 Å². The molecule has 1 aliphatic heterocycles. The van der Waals surface area contributed by atoms with Gasteiger partial charge in [0.15, 0.2) is 0 Å². The van der Waals surface area contributed by atoms with E-state index in [4.69, 9.17) is 5.73 Å². The van der Waals surface area contributed by atoms with Crippen molar-refractivity contribution < 1.29 is 8.42 Å². The summed E-state index contributed by atoms with van der Waals surface area (Å²) in [5.41, 5.74) is 5.52. The molecule has 1 aliphatic carbocycles. The molecule has 1 saturated carbocycles. The lowest BCUT2D eigenvalue weighted by Crippen LogP contribution is -2.48. The molecule has 118 valence electrons. The number of hydrogen-bond donors (Lipinski definition) is 1. The SMILES string of the molecule is NCCc1ccc(S(=O)(=O)N2CCN(CC3CC3)CC2)s1. The fourth-order valence-electron chi connectivity index (χ4n) is 2.72. The van der Waals surface area contributed by atoms with Gasteiger partial charge in [-0.1, -0.05) is 0 Å². The second-order valence-electron chi connectivity index (χ2n) is 5.91. The van der Waals surface area contributed by atoms with E-state index < -0.39 is 10.0 Å². The van der Waals surface area contributed by atoms with Crippen molar-refractivity contribution in [3.63, 3.8) is 0 Å². The molecule has 2 N–H and O–H groups in total. The van der Waals surface area contributed by atoms with Crippen LogP contribution in [0.15, 0.2) is 16.3 Å². The molecule has 0 aromatic carbocycles. The Morgan fingerprint density at radius 1 is 1.19 bits per heavy atom. The summed E-state index contributed by atoms with van der Waals surface area (Å²) in [5, 5.41) is 0. The van der Waals surface area contributed by atoms with E-state index in [1.54, 1.807) is 10.4 Å². The molecule has 3 rings (SSSR count). The van der Waals surface area contributed by atoms with Crippen molar-refractivity contribution >= 4 is 21.4 Å². The Morgan fingerprint density at radius 3 is 2.52 bits per heavy atom. The molecule has 2 aliphatic rings. The maximum absolute atomic E-state index is 12.6. The zero-order chi connectivity index (χ0) is 14.9. The van der Waals surface area contributed by atoms with E-state index in [0.717, 1.165) is 36.9 Å². The van der Waals surface area contributed by atoms with Crippen molar-refractivity contribution in [1.29, 1.82) is 0 Å². The van der Waals surface area contributed by atoms with Crippen molar-refractivity contribution in [3.8, 4) is 0 Å². The summed E-state index contributed by atoms with van der Waals surface area (Å²) < 4.78 is 27.4. The third-order valence-corrected chi connectivity index (χ3v) is 7.68. The van der Waals surface area contributed by atoms with E-state index in [1.165, 1.54) is 24.2 Å². The topological polar surface area (TPSA) is 66.6 Å². The van der Waals surface area contributed by atoms with Crippen LogP contribution in [-0.2, 0) is 16.4 Å². The summed E-state index contributed by atoms with van der Waals surface area (Å²) in [6.45, 7) is 4.64. The van der Waals surface area contributed by atoms with Crippen LogP contribution in [0.2, 0.25) is 0 Å². The van der Waals surface area contributed by atoms with E-state index in [0.29, 0.717) is 23.8 Å². The van der Waals surface area contributed by atoms with Gasteiger partial charge in [0, 0.05) is 37.6 Å². The molecule has 0 unspecified atom stereocenters. The van der Waals surface area contributed by atoms with E-state index in [2.05, 4.69) is 4.90 Å². The third kappa shape index (κ3) is 3.65. The zero-order valence-corrected chi connectivity index (χ0v) is 13.8. The quantitative estimate of drug-likeness (QED) is 0.844. The molecule has 7 heteroatoms. The summed E-state index contributed by atoms with van der Waals surface area (Å²) in [6, 6.07) is 3.61. The molecular weight excluding hydrogens is 306 g/mol. The summed E-state index contributed by atoms with van der Waals surface area (Å²) in [5.74, 6) is 0.865. The molecule has 1 saturated heterocycles. The Bertz CT molecular complexity index is 573. The van der Waals surface area contributed by atoms with Gasteiger partial charge in [-0.2, -0.15) is 4.31 Å². The van der Waals surface area contributed by atoms with Gasteiger partial charge in [0.05, 0.1) is 0 Å². The Morgan fingerprint density at radius 2 is 1.90 bits per heavy atom. The van der Waals surface area contributed by atoms with Crippen LogP contribution in [0.5, 0.6) is 0 Å². The smallest absolute Gasteiger partial charge is 0.252 e. The summed E-state index contributed by atoms with van der Waals surface area (Å²) in [6.07, 6.45) is 3.44. The first-order valence-electron chi connectivity index (χ1n) is 7.61. The van der Waals surface area contributed by atoms with Gasteiger partial charge in [-0.05, 0) is 43.9 Å². The second kappa shape index (κ2) is 6.34. The van der Waals surface area contributed by atoms with Gasteiger partial charge in [0.2, 0.25) is 0 Å². The number of hydrogen-bond acceptors (Lipinski definition) is 5. The fourth-order valence-corrected chi connectivity index (χ4v) is 5.67. The van der Waals surface area contributed by atoms with Crippen LogP contribution in [-0.4, -0.2) is 56.9 Å². The molecule has 0 atom stereocenters. The van der Waals surface area contributed by atoms with Crippen LogP contribution in [0.1, 0.15) is 17.7 Å². The lowest BCUT2D eigenvalue weighted by Gasteiger charge is -2.33. The van der Waals surface area contributed by atoms with Crippen LogP contribution < -0.4 is 5.73 Å². The molecule has 2 heterocycles. The Labute approximate surface area is 130 Å². The molecule has 21 heavy (non-hydrogen) atoms. The number of rotatable bonds is 6. The predicted octanol–water partition coefficient (Wildman–Crippen LogP) is 0.966. The van der Waals surface area contributed by atoms with Gasteiger partial charge in [-0.25, -0.2) is 8.42 Å². The molecule has 0 radical (unpaired) electrons. The Balaban J connectivity index is 1.61. The molecule has 1 aromatic heterocycles. The molecule has 2 fully saturated rings. The van der Waals surface area contributed by atoms with Crippen LogP contribution in [0.25, 0.3) is 0 Å². The van der Waals surface area contributed by atoms with Crippen LogP contribution in [0.3, 0.4) is 0 Å². The highest BCUT2D eigenvalue weighted by molar-refractivity contribution is 7.91. The number of nitrogens with two attached hydrogens (primary N) is 1. The Hall–Kier alpha value is -0.470. The summed E-state index contributed by atoms with van der Waals surface area (Å²) in [4.78, 5) is 3.45. The van der Waals surface area contributed by atoms with Gasteiger partial charge in [-0.3, -0.25) is 0 Å². The highest BCUT2D eigenvalue weighted by Gasteiger charge is 2.31. The molecule has 0 amide bonds. The summed E-state index contributed by atoms with van der Waals surface area (Å²) >= 11 is 1.36. The first-order chi connectivity index (χ1) is 10.1. The van der Waals surface area contributed by atoms with Crippen molar-refractivity contribution in [2.24, 2.45) is 11.7 Å². The molecule has 0 bridgehead atoms.